The van der Waals surface area contributed by atoms with E-state index in [1.165, 1.54) is 0 Å². The molecule has 10 heteroatoms. The van der Waals surface area contributed by atoms with Crippen molar-refractivity contribution in [3.05, 3.63) is 59.8 Å². The molecule has 0 saturated carbocycles. The van der Waals surface area contributed by atoms with Crippen LogP contribution in [0.3, 0.4) is 0 Å². The number of carbonyl (C=O) groups is 1. The van der Waals surface area contributed by atoms with E-state index in [1.54, 1.807) is 23.5 Å². The highest BCUT2D eigenvalue weighted by Gasteiger charge is 2.49. The third kappa shape index (κ3) is 3.46. The Labute approximate surface area is 178 Å². The van der Waals surface area contributed by atoms with Gasteiger partial charge in [-0.2, -0.15) is 4.98 Å². The minimum Gasteiger partial charge on any atom is -0.376 e. The third-order valence-corrected chi connectivity index (χ3v) is 5.52. The van der Waals surface area contributed by atoms with Gasteiger partial charge in [-0.15, -0.1) is 0 Å². The molecule has 2 amide bonds. The molecule has 2 N–H and O–H groups in total. The zero-order valence-corrected chi connectivity index (χ0v) is 17.0. The molecule has 0 bridgehead atoms. The van der Waals surface area contributed by atoms with Gasteiger partial charge < -0.3 is 19.9 Å². The number of nitrogens with zero attached hydrogens (tertiary/aromatic N) is 5. The highest BCUT2D eigenvalue weighted by molar-refractivity contribution is 6.30. The Hall–Kier alpha value is -3.17. The summed E-state index contributed by atoms with van der Waals surface area (Å²) >= 11 is 5.96. The molecule has 0 aliphatic carbocycles. The number of carbonyl (C=O) groups excluding carboxylic acids is 1. The lowest BCUT2D eigenvalue weighted by Crippen LogP contribution is -2.59. The second kappa shape index (κ2) is 7.26. The number of amides is 2. The number of hydrogen-bond donors (Lipinski definition) is 2. The van der Waals surface area contributed by atoms with Crippen LogP contribution in [0.15, 0.2) is 49.1 Å². The van der Waals surface area contributed by atoms with Crippen LogP contribution >= 0.6 is 11.6 Å². The number of rotatable bonds is 5. The molecule has 0 radical (unpaired) electrons. The Bertz CT molecular complexity index is 1080. The average molecular weight is 426 g/mol. The maximum atomic E-state index is 12.4. The fourth-order valence-corrected chi connectivity index (χ4v) is 3.68. The third-order valence-electron chi connectivity index (χ3n) is 5.27. The first-order valence-corrected chi connectivity index (χ1v) is 9.96. The number of aromatic nitrogens is 4. The number of imidazole rings is 1. The predicted molar refractivity (Wildman–Crippen MR) is 112 cm³/mol. The van der Waals surface area contributed by atoms with Gasteiger partial charge in [-0.3, -0.25) is 4.90 Å². The summed E-state index contributed by atoms with van der Waals surface area (Å²) in [6.07, 6.45) is 5.33. The van der Waals surface area contributed by atoms with Crippen LogP contribution in [0.2, 0.25) is 5.02 Å². The summed E-state index contributed by atoms with van der Waals surface area (Å²) in [6.45, 7) is 3.56. The van der Waals surface area contributed by atoms with E-state index in [9.17, 15) is 4.79 Å². The van der Waals surface area contributed by atoms with Gasteiger partial charge in [-0.05, 0) is 37.3 Å². The Balaban J connectivity index is 1.30. The van der Waals surface area contributed by atoms with Crippen LogP contribution in [0, 0.1) is 0 Å². The summed E-state index contributed by atoms with van der Waals surface area (Å²) in [5, 5.41) is 6.93. The lowest BCUT2D eigenvalue weighted by atomic mass is 9.99. The average Bonchev–Trinajstić information content (AvgIpc) is 3.34. The van der Waals surface area contributed by atoms with Gasteiger partial charge in [-0.25, -0.2) is 14.8 Å². The van der Waals surface area contributed by atoms with Crippen molar-refractivity contribution in [3.8, 4) is 5.69 Å². The summed E-state index contributed by atoms with van der Waals surface area (Å²) in [4.78, 5) is 27.3. The van der Waals surface area contributed by atoms with Crippen molar-refractivity contribution in [2.45, 2.75) is 18.5 Å². The maximum absolute atomic E-state index is 12.4. The van der Waals surface area contributed by atoms with E-state index in [-0.39, 0.29) is 17.6 Å². The van der Waals surface area contributed by atoms with Gasteiger partial charge in [0.25, 0.3) is 0 Å². The number of urea groups is 1. The molecule has 1 unspecified atom stereocenters. The minimum atomic E-state index is -0.294. The number of halogens is 1. The number of benzene rings is 1. The largest absolute Gasteiger partial charge is 0.376 e. The lowest BCUT2D eigenvalue weighted by molar-refractivity contribution is -0.0542. The van der Waals surface area contributed by atoms with Crippen LogP contribution in [-0.4, -0.2) is 50.8 Å². The molecular weight excluding hydrogens is 406 g/mol. The lowest BCUT2D eigenvalue weighted by Gasteiger charge is -2.36. The fraction of sp³-hybridized carbons (Fsp3) is 0.300. The minimum absolute atomic E-state index is 0.132. The summed E-state index contributed by atoms with van der Waals surface area (Å²) in [7, 11) is 0. The molecule has 1 spiro atoms. The van der Waals surface area contributed by atoms with E-state index in [4.69, 9.17) is 16.3 Å². The first-order valence-electron chi connectivity index (χ1n) is 9.58. The number of nitrogens with one attached hydrogen (secondary N) is 2. The van der Waals surface area contributed by atoms with E-state index in [0.29, 0.717) is 36.5 Å². The summed E-state index contributed by atoms with van der Waals surface area (Å²) < 4.78 is 7.18. The van der Waals surface area contributed by atoms with Crippen molar-refractivity contribution in [2.24, 2.45) is 0 Å². The zero-order chi connectivity index (χ0) is 20.7. The van der Waals surface area contributed by atoms with Gasteiger partial charge in [0, 0.05) is 23.1 Å². The summed E-state index contributed by atoms with van der Waals surface area (Å²) in [5.41, 5.74) is 1.51. The van der Waals surface area contributed by atoms with Crippen molar-refractivity contribution in [1.29, 1.82) is 0 Å². The quantitative estimate of drug-likeness (QED) is 0.652. The van der Waals surface area contributed by atoms with Crippen LogP contribution in [-0.2, 0) is 4.74 Å². The molecule has 2 aliphatic rings. The molecule has 2 saturated heterocycles. The van der Waals surface area contributed by atoms with E-state index in [1.807, 2.05) is 42.0 Å². The zero-order valence-electron chi connectivity index (χ0n) is 16.2. The van der Waals surface area contributed by atoms with Crippen LogP contribution in [0.5, 0.6) is 0 Å². The Morgan fingerprint density at radius 3 is 2.73 bits per heavy atom. The van der Waals surface area contributed by atoms with Crippen LogP contribution < -0.4 is 15.5 Å². The second-order valence-electron chi connectivity index (χ2n) is 7.58. The van der Waals surface area contributed by atoms with Crippen molar-refractivity contribution in [1.82, 2.24) is 24.8 Å². The molecule has 4 heterocycles. The molecule has 5 rings (SSSR count). The van der Waals surface area contributed by atoms with Crippen molar-refractivity contribution in [2.75, 3.05) is 30.0 Å². The van der Waals surface area contributed by atoms with E-state index in [0.717, 1.165) is 11.4 Å². The van der Waals surface area contributed by atoms with Crippen molar-refractivity contribution in [3.63, 3.8) is 0 Å². The molecule has 154 valence electrons. The van der Waals surface area contributed by atoms with E-state index < -0.39 is 0 Å². The summed E-state index contributed by atoms with van der Waals surface area (Å²) in [6, 6.07) is 8.96. The molecule has 30 heavy (non-hydrogen) atoms. The highest BCUT2D eigenvalue weighted by atomic mass is 35.5. The smallest absolute Gasteiger partial charge is 0.323 e. The van der Waals surface area contributed by atoms with Crippen LogP contribution in [0.1, 0.15) is 18.7 Å². The molecule has 9 nitrogen and oxygen atoms in total. The number of ether oxygens (including phenoxy) is 1. The second-order valence-corrected chi connectivity index (χ2v) is 8.01. The predicted octanol–water partition coefficient (Wildman–Crippen LogP) is 2.79. The fourth-order valence-electron chi connectivity index (χ4n) is 3.56. The topological polar surface area (TPSA) is 97.2 Å². The first kappa shape index (κ1) is 18.8. The molecule has 1 atom stereocenters. The van der Waals surface area contributed by atoms with Gasteiger partial charge >= 0.3 is 6.03 Å². The Kier molecular flexibility index (Phi) is 4.56. The maximum Gasteiger partial charge on any atom is 0.323 e. The summed E-state index contributed by atoms with van der Waals surface area (Å²) in [5.74, 6) is 0.979. The molecule has 1 aromatic carbocycles. The molecule has 2 fully saturated rings. The van der Waals surface area contributed by atoms with Crippen LogP contribution in [0.25, 0.3) is 5.69 Å². The highest BCUT2D eigenvalue weighted by Crippen LogP contribution is 2.28. The van der Waals surface area contributed by atoms with E-state index >= 15 is 0 Å². The van der Waals surface area contributed by atoms with Crippen molar-refractivity contribution < 1.29 is 9.53 Å². The first-order chi connectivity index (χ1) is 14.5. The van der Waals surface area contributed by atoms with Gasteiger partial charge in [0.15, 0.2) is 0 Å². The Morgan fingerprint density at radius 2 is 2.03 bits per heavy atom. The Morgan fingerprint density at radius 1 is 1.23 bits per heavy atom. The number of anilines is 2. The molecular formula is C20H20ClN7O2. The van der Waals surface area contributed by atoms with Gasteiger partial charge in [0.2, 0.25) is 5.95 Å². The normalized spacial score (nSPS) is 18.2. The van der Waals surface area contributed by atoms with Gasteiger partial charge in [0.1, 0.15) is 11.4 Å². The molecule has 3 aromatic rings. The number of hydrogen-bond acceptors (Lipinski definition) is 6. The van der Waals surface area contributed by atoms with Gasteiger partial charge in [0.05, 0.1) is 37.8 Å². The molecule has 2 aromatic heterocycles. The molecule has 2 aliphatic heterocycles. The van der Waals surface area contributed by atoms with Crippen molar-refractivity contribution >= 4 is 29.4 Å². The van der Waals surface area contributed by atoms with E-state index in [2.05, 4.69) is 25.6 Å². The SMILES string of the molecule is CC(Nc1nccc(N2CC3(COC3)NC2=O)n1)c1cn(-c2ccc(Cl)cc2)cn1. The standard InChI is InChI=1S/C20H20ClN7O2/c1-13(16-8-27(12-23-16)15-4-2-14(21)3-5-15)24-18-22-7-6-17(25-18)28-9-20(10-30-11-20)26-19(28)29/h2-8,12-13H,9-11H2,1H3,(H,26,29)(H,22,24,25). The van der Waals surface area contributed by atoms with Gasteiger partial charge in [-0.1, -0.05) is 11.6 Å². The van der Waals surface area contributed by atoms with Crippen LogP contribution in [0.4, 0.5) is 16.6 Å². The monoisotopic (exact) mass is 425 g/mol.